The molecule has 0 aromatic heterocycles. The zero-order valence-corrected chi connectivity index (χ0v) is 16.4. The Morgan fingerprint density at radius 1 is 1.18 bits per heavy atom. The SMILES string of the molecule is Cc1ccc(NCC(=O)Nc2ccccc2OC(F)F)cc1S(=O)(=O)N(C)C. The third kappa shape index (κ3) is 5.40. The minimum atomic E-state index is -3.63. The number of carbonyl (C=O) groups is 1. The molecule has 0 aliphatic rings. The molecule has 7 nitrogen and oxygen atoms in total. The van der Waals surface area contributed by atoms with Gasteiger partial charge >= 0.3 is 6.61 Å². The first-order valence-corrected chi connectivity index (χ1v) is 9.66. The minimum Gasteiger partial charge on any atom is -0.433 e. The number of sulfonamides is 1. The lowest BCUT2D eigenvalue weighted by Gasteiger charge is -2.16. The van der Waals surface area contributed by atoms with Crippen LogP contribution in [0.25, 0.3) is 0 Å². The van der Waals surface area contributed by atoms with E-state index < -0.39 is 22.5 Å². The maximum atomic E-state index is 12.4. The highest BCUT2D eigenvalue weighted by Gasteiger charge is 2.20. The Balaban J connectivity index is 2.08. The summed E-state index contributed by atoms with van der Waals surface area (Å²) in [5.74, 6) is -0.663. The van der Waals surface area contributed by atoms with Crippen LogP contribution in [0.5, 0.6) is 5.75 Å². The Hall–Kier alpha value is -2.72. The molecule has 28 heavy (non-hydrogen) atoms. The van der Waals surface area contributed by atoms with E-state index in [1.54, 1.807) is 25.1 Å². The molecule has 10 heteroatoms. The van der Waals surface area contributed by atoms with Crippen molar-refractivity contribution in [1.29, 1.82) is 0 Å². The third-order valence-electron chi connectivity index (χ3n) is 3.78. The Morgan fingerprint density at radius 2 is 1.86 bits per heavy atom. The van der Waals surface area contributed by atoms with Gasteiger partial charge in [-0.2, -0.15) is 8.78 Å². The molecule has 0 fully saturated rings. The molecule has 0 spiro atoms. The second kappa shape index (κ2) is 8.98. The summed E-state index contributed by atoms with van der Waals surface area (Å²) in [6.07, 6.45) is 0. The molecule has 2 N–H and O–H groups in total. The molecule has 0 aliphatic carbocycles. The molecule has 0 heterocycles. The van der Waals surface area contributed by atoms with E-state index >= 15 is 0 Å². The lowest BCUT2D eigenvalue weighted by atomic mass is 10.2. The number of carbonyl (C=O) groups excluding carboxylic acids is 1. The quantitative estimate of drug-likeness (QED) is 0.695. The lowest BCUT2D eigenvalue weighted by molar-refractivity contribution is -0.114. The highest BCUT2D eigenvalue weighted by Crippen LogP contribution is 2.26. The van der Waals surface area contributed by atoms with Gasteiger partial charge in [0.1, 0.15) is 5.75 Å². The van der Waals surface area contributed by atoms with E-state index in [2.05, 4.69) is 15.4 Å². The van der Waals surface area contributed by atoms with Crippen LogP contribution in [0.4, 0.5) is 20.2 Å². The topological polar surface area (TPSA) is 87.7 Å². The number of amides is 1. The standard InChI is InChI=1S/C18H21F2N3O4S/c1-12-8-9-13(10-16(12)28(25,26)23(2)3)21-11-17(24)22-14-6-4-5-7-15(14)27-18(19)20/h4-10,18,21H,11H2,1-3H3,(H,22,24). The maximum Gasteiger partial charge on any atom is 0.387 e. The fraction of sp³-hybridized carbons (Fsp3) is 0.278. The molecule has 152 valence electrons. The van der Waals surface area contributed by atoms with Crippen LogP contribution in [-0.4, -0.2) is 45.9 Å². The number of alkyl halides is 2. The molecule has 2 rings (SSSR count). The van der Waals surface area contributed by atoms with Crippen LogP contribution in [-0.2, 0) is 14.8 Å². The first-order chi connectivity index (χ1) is 13.1. The smallest absolute Gasteiger partial charge is 0.387 e. The number of para-hydroxylation sites is 2. The third-order valence-corrected chi connectivity index (χ3v) is 5.73. The molecule has 0 aliphatic heterocycles. The maximum absolute atomic E-state index is 12.4. The van der Waals surface area contributed by atoms with Gasteiger partial charge in [0.25, 0.3) is 0 Å². The van der Waals surface area contributed by atoms with E-state index in [1.807, 2.05) is 0 Å². The molecule has 0 atom stereocenters. The first kappa shape index (κ1) is 21.6. The highest BCUT2D eigenvalue weighted by molar-refractivity contribution is 7.89. The number of benzene rings is 2. The summed E-state index contributed by atoms with van der Waals surface area (Å²) in [6, 6.07) is 10.5. The molecule has 1 amide bonds. The second-order valence-corrected chi connectivity index (χ2v) is 8.16. The van der Waals surface area contributed by atoms with Crippen LogP contribution < -0.4 is 15.4 Å². The van der Waals surface area contributed by atoms with Gasteiger partial charge in [-0.15, -0.1) is 0 Å². The predicted molar refractivity (Wildman–Crippen MR) is 102 cm³/mol. The van der Waals surface area contributed by atoms with E-state index in [1.165, 1.54) is 38.4 Å². The second-order valence-electron chi connectivity index (χ2n) is 6.04. The van der Waals surface area contributed by atoms with Gasteiger partial charge in [-0.05, 0) is 36.8 Å². The van der Waals surface area contributed by atoms with Crippen LogP contribution in [0.2, 0.25) is 0 Å². The van der Waals surface area contributed by atoms with Gasteiger partial charge in [-0.1, -0.05) is 18.2 Å². The van der Waals surface area contributed by atoms with Crippen molar-refractivity contribution in [1.82, 2.24) is 4.31 Å². The van der Waals surface area contributed by atoms with E-state index in [0.717, 1.165) is 4.31 Å². The summed E-state index contributed by atoms with van der Waals surface area (Å²) in [5, 5.41) is 5.29. The summed E-state index contributed by atoms with van der Waals surface area (Å²) in [6.45, 7) is -1.54. The zero-order chi connectivity index (χ0) is 20.9. The van der Waals surface area contributed by atoms with Crippen molar-refractivity contribution in [2.45, 2.75) is 18.4 Å². The number of nitrogens with zero attached hydrogens (tertiary/aromatic N) is 1. The van der Waals surface area contributed by atoms with Crippen molar-refractivity contribution in [2.75, 3.05) is 31.3 Å². The van der Waals surface area contributed by atoms with E-state index in [9.17, 15) is 22.0 Å². The van der Waals surface area contributed by atoms with Crippen LogP contribution in [0.1, 0.15) is 5.56 Å². The average molecular weight is 413 g/mol. The molecule has 0 bridgehead atoms. The summed E-state index contributed by atoms with van der Waals surface area (Å²) < 4.78 is 55.0. The molecule has 0 radical (unpaired) electrons. The highest BCUT2D eigenvalue weighted by atomic mass is 32.2. The van der Waals surface area contributed by atoms with Gasteiger partial charge in [0.2, 0.25) is 15.9 Å². The fourth-order valence-electron chi connectivity index (χ4n) is 2.33. The van der Waals surface area contributed by atoms with Gasteiger partial charge < -0.3 is 15.4 Å². The lowest BCUT2D eigenvalue weighted by Crippen LogP contribution is -2.24. The van der Waals surface area contributed by atoms with Gasteiger partial charge in [-0.25, -0.2) is 12.7 Å². The van der Waals surface area contributed by atoms with Crippen molar-refractivity contribution in [2.24, 2.45) is 0 Å². The summed E-state index contributed by atoms with van der Waals surface area (Å²) in [5.41, 5.74) is 1.11. The summed E-state index contributed by atoms with van der Waals surface area (Å²) in [7, 11) is -0.766. The summed E-state index contributed by atoms with van der Waals surface area (Å²) in [4.78, 5) is 12.3. The molecule has 2 aromatic rings. The number of rotatable bonds is 8. The van der Waals surface area contributed by atoms with Gasteiger partial charge in [-0.3, -0.25) is 4.79 Å². The Bertz CT molecular complexity index is 950. The molecular weight excluding hydrogens is 392 g/mol. The first-order valence-electron chi connectivity index (χ1n) is 8.22. The van der Waals surface area contributed by atoms with Crippen LogP contribution in [0, 0.1) is 6.92 Å². The van der Waals surface area contributed by atoms with Crippen molar-refractivity contribution in [3.8, 4) is 5.75 Å². The molecule has 2 aromatic carbocycles. The minimum absolute atomic E-state index is 0.106. The molecule has 0 saturated heterocycles. The molecular formula is C18H21F2N3O4S. The molecule has 0 saturated carbocycles. The van der Waals surface area contributed by atoms with Crippen molar-refractivity contribution in [3.05, 3.63) is 48.0 Å². The Kier molecular flexibility index (Phi) is 6.92. The van der Waals surface area contributed by atoms with Gasteiger partial charge in [0.05, 0.1) is 17.1 Å². The van der Waals surface area contributed by atoms with Crippen molar-refractivity contribution in [3.63, 3.8) is 0 Å². The normalized spacial score (nSPS) is 11.5. The van der Waals surface area contributed by atoms with E-state index in [4.69, 9.17) is 0 Å². The van der Waals surface area contributed by atoms with Crippen LogP contribution >= 0.6 is 0 Å². The largest absolute Gasteiger partial charge is 0.433 e. The number of nitrogens with one attached hydrogen (secondary N) is 2. The fourth-order valence-corrected chi connectivity index (χ4v) is 3.47. The number of hydrogen-bond acceptors (Lipinski definition) is 5. The van der Waals surface area contributed by atoms with Crippen molar-refractivity contribution < 1.29 is 26.7 Å². The van der Waals surface area contributed by atoms with Crippen molar-refractivity contribution >= 4 is 27.3 Å². The molecule has 0 unspecified atom stereocenters. The Labute approximate surface area is 162 Å². The number of ether oxygens (including phenoxy) is 1. The van der Waals surface area contributed by atoms with Crippen LogP contribution in [0.15, 0.2) is 47.4 Å². The zero-order valence-electron chi connectivity index (χ0n) is 15.6. The van der Waals surface area contributed by atoms with E-state index in [-0.39, 0.29) is 22.9 Å². The number of halogens is 2. The average Bonchev–Trinajstić information content (AvgIpc) is 2.62. The number of anilines is 2. The predicted octanol–water partition coefficient (Wildman–Crippen LogP) is 2.90. The van der Waals surface area contributed by atoms with E-state index in [0.29, 0.717) is 11.3 Å². The Morgan fingerprint density at radius 3 is 2.50 bits per heavy atom. The number of aryl methyl sites for hydroxylation is 1. The van der Waals surface area contributed by atoms with Crippen LogP contribution in [0.3, 0.4) is 0 Å². The van der Waals surface area contributed by atoms with Gasteiger partial charge in [0, 0.05) is 19.8 Å². The summed E-state index contributed by atoms with van der Waals surface area (Å²) >= 11 is 0. The monoisotopic (exact) mass is 413 g/mol. The van der Waals surface area contributed by atoms with Gasteiger partial charge in [0.15, 0.2) is 0 Å². The number of hydrogen-bond donors (Lipinski definition) is 2.